The van der Waals surface area contributed by atoms with E-state index in [0.717, 1.165) is 5.56 Å². The van der Waals surface area contributed by atoms with Crippen LogP contribution in [0.15, 0.2) is 24.3 Å². The summed E-state index contributed by atoms with van der Waals surface area (Å²) in [4.78, 5) is 23.7. The van der Waals surface area contributed by atoms with Crippen molar-refractivity contribution in [3.05, 3.63) is 46.2 Å². The topological polar surface area (TPSA) is 84.2 Å². The molecule has 0 aliphatic carbocycles. The quantitative estimate of drug-likeness (QED) is 0.822. The number of carbonyl (C=O) groups is 2. The van der Waals surface area contributed by atoms with Crippen LogP contribution in [0, 0.1) is 5.41 Å². The van der Waals surface area contributed by atoms with Gasteiger partial charge in [0.15, 0.2) is 0 Å². The molecule has 0 aliphatic rings. The molecule has 0 saturated heterocycles. The van der Waals surface area contributed by atoms with Gasteiger partial charge in [-0.05, 0) is 44.4 Å². The molecule has 0 fully saturated rings. The zero-order valence-electron chi connectivity index (χ0n) is 14.8. The summed E-state index contributed by atoms with van der Waals surface area (Å²) in [6.07, 6.45) is 1.05. The highest BCUT2D eigenvalue weighted by atomic mass is 35.5. The number of carboxylic acids is 1. The van der Waals surface area contributed by atoms with Gasteiger partial charge in [0.2, 0.25) is 0 Å². The third-order valence-corrected chi connectivity index (χ3v) is 4.44. The molecule has 134 valence electrons. The monoisotopic (exact) mass is 363 g/mol. The first-order valence-corrected chi connectivity index (χ1v) is 8.38. The molecule has 1 heterocycles. The predicted octanol–water partition coefficient (Wildman–Crippen LogP) is 3.54. The highest BCUT2D eigenvalue weighted by Gasteiger charge is 2.27. The molecular formula is C18H22ClN3O3. The Balaban J connectivity index is 2.13. The van der Waals surface area contributed by atoms with Crippen LogP contribution < -0.4 is 5.32 Å². The molecule has 1 aromatic carbocycles. The van der Waals surface area contributed by atoms with E-state index in [4.69, 9.17) is 11.6 Å². The van der Waals surface area contributed by atoms with Crippen LogP contribution in [0.1, 0.15) is 42.5 Å². The molecule has 0 saturated carbocycles. The average molecular weight is 364 g/mol. The number of aromatic nitrogens is 2. The Hall–Kier alpha value is -2.34. The van der Waals surface area contributed by atoms with E-state index in [1.165, 1.54) is 4.68 Å². The average Bonchev–Trinajstić information content (AvgIpc) is 2.82. The number of nitrogens with zero attached hydrogens (tertiary/aromatic N) is 2. The van der Waals surface area contributed by atoms with Gasteiger partial charge >= 0.3 is 5.97 Å². The number of nitrogens with one attached hydrogen (secondary N) is 1. The van der Waals surface area contributed by atoms with E-state index in [-0.39, 0.29) is 5.91 Å². The van der Waals surface area contributed by atoms with E-state index in [2.05, 4.69) is 10.4 Å². The zero-order chi connectivity index (χ0) is 18.8. The van der Waals surface area contributed by atoms with Gasteiger partial charge in [0, 0.05) is 12.7 Å². The highest BCUT2D eigenvalue weighted by molar-refractivity contribution is 6.34. The van der Waals surface area contributed by atoms with Gasteiger partial charge < -0.3 is 10.4 Å². The van der Waals surface area contributed by atoms with Crippen molar-refractivity contribution in [2.75, 3.05) is 5.32 Å². The number of halogens is 1. The van der Waals surface area contributed by atoms with Crippen LogP contribution in [-0.2, 0) is 24.7 Å². The Kier molecular flexibility index (Phi) is 5.52. The Morgan fingerprint density at radius 2 is 1.88 bits per heavy atom. The van der Waals surface area contributed by atoms with Crippen molar-refractivity contribution in [1.29, 1.82) is 0 Å². The lowest BCUT2D eigenvalue weighted by Gasteiger charge is -2.19. The molecule has 0 aliphatic heterocycles. The van der Waals surface area contributed by atoms with Gasteiger partial charge in [0.1, 0.15) is 5.69 Å². The van der Waals surface area contributed by atoms with Gasteiger partial charge in [0.05, 0.1) is 16.1 Å². The van der Waals surface area contributed by atoms with E-state index in [9.17, 15) is 14.7 Å². The number of aryl methyl sites for hydroxylation is 2. The first-order chi connectivity index (χ1) is 11.7. The third kappa shape index (κ3) is 4.20. The van der Waals surface area contributed by atoms with Crippen LogP contribution in [0.4, 0.5) is 5.69 Å². The van der Waals surface area contributed by atoms with Gasteiger partial charge in [-0.3, -0.25) is 14.3 Å². The highest BCUT2D eigenvalue weighted by Crippen LogP contribution is 2.24. The lowest BCUT2D eigenvalue weighted by Crippen LogP contribution is -2.26. The molecule has 2 N–H and O–H groups in total. The number of rotatable bonds is 6. The number of benzene rings is 1. The first kappa shape index (κ1) is 19.0. The fourth-order valence-electron chi connectivity index (χ4n) is 2.51. The lowest BCUT2D eigenvalue weighted by atomic mass is 9.86. The minimum atomic E-state index is -0.845. The summed E-state index contributed by atoms with van der Waals surface area (Å²) in [5, 5.41) is 16.6. The fraction of sp³-hybridized carbons (Fsp3) is 0.389. The van der Waals surface area contributed by atoms with E-state index < -0.39 is 11.4 Å². The molecule has 0 bridgehead atoms. The molecule has 0 radical (unpaired) electrons. The van der Waals surface area contributed by atoms with Crippen molar-refractivity contribution in [2.24, 2.45) is 12.5 Å². The first-order valence-electron chi connectivity index (χ1n) is 8.00. The SMILES string of the molecule is CCc1nn(C)c(C(=O)Nc2ccc(CC(C)(C)C(=O)O)cc2)c1Cl. The molecule has 6 nitrogen and oxygen atoms in total. The van der Waals surface area contributed by atoms with E-state index >= 15 is 0 Å². The van der Waals surface area contributed by atoms with E-state index in [1.807, 2.05) is 19.1 Å². The molecule has 0 unspecified atom stereocenters. The number of carboxylic acid groups (broad SMARTS) is 1. The second-order valence-corrected chi connectivity index (χ2v) is 6.98. The second-order valence-electron chi connectivity index (χ2n) is 6.60. The number of hydrogen-bond donors (Lipinski definition) is 2. The molecule has 2 rings (SSSR count). The van der Waals surface area contributed by atoms with Crippen LogP contribution >= 0.6 is 11.6 Å². The van der Waals surface area contributed by atoms with Crippen molar-refractivity contribution < 1.29 is 14.7 Å². The second kappa shape index (κ2) is 7.27. The van der Waals surface area contributed by atoms with Crippen LogP contribution in [0.25, 0.3) is 0 Å². The van der Waals surface area contributed by atoms with Gasteiger partial charge in [-0.15, -0.1) is 0 Å². The molecule has 25 heavy (non-hydrogen) atoms. The van der Waals surface area contributed by atoms with Crippen LogP contribution in [-0.4, -0.2) is 26.8 Å². The summed E-state index contributed by atoms with van der Waals surface area (Å²) in [6.45, 7) is 5.29. The Labute approximate surface area is 151 Å². The summed E-state index contributed by atoms with van der Waals surface area (Å²) in [5.74, 6) is -1.18. The van der Waals surface area contributed by atoms with Gasteiger partial charge in [0.25, 0.3) is 5.91 Å². The Morgan fingerprint density at radius 1 is 1.28 bits per heavy atom. The molecule has 0 spiro atoms. The van der Waals surface area contributed by atoms with Crippen molar-refractivity contribution in [2.45, 2.75) is 33.6 Å². The van der Waals surface area contributed by atoms with E-state index in [0.29, 0.717) is 34.9 Å². The minimum Gasteiger partial charge on any atom is -0.481 e. The lowest BCUT2D eigenvalue weighted by molar-refractivity contribution is -0.146. The molecule has 0 atom stereocenters. The standard InChI is InChI=1S/C18H22ClN3O3/c1-5-13-14(19)15(22(4)21-13)16(23)20-12-8-6-11(7-9-12)10-18(2,3)17(24)25/h6-9H,5,10H2,1-4H3,(H,20,23)(H,24,25). The molecular weight excluding hydrogens is 342 g/mol. The summed E-state index contributed by atoms with van der Waals surface area (Å²) in [7, 11) is 1.68. The van der Waals surface area contributed by atoms with Gasteiger partial charge in [-0.25, -0.2) is 0 Å². The molecule has 2 aromatic rings. The Morgan fingerprint density at radius 3 is 2.36 bits per heavy atom. The maximum atomic E-state index is 12.5. The summed E-state index contributed by atoms with van der Waals surface area (Å²) >= 11 is 6.22. The van der Waals surface area contributed by atoms with E-state index in [1.54, 1.807) is 33.0 Å². The van der Waals surface area contributed by atoms with Gasteiger partial charge in [-0.2, -0.15) is 5.10 Å². The fourth-order valence-corrected chi connectivity index (χ4v) is 2.89. The van der Waals surface area contributed by atoms with Crippen LogP contribution in [0.2, 0.25) is 5.02 Å². The Bertz CT molecular complexity index is 795. The van der Waals surface area contributed by atoms with Gasteiger partial charge in [-0.1, -0.05) is 30.7 Å². The zero-order valence-corrected chi connectivity index (χ0v) is 15.5. The number of amides is 1. The molecule has 1 aromatic heterocycles. The largest absolute Gasteiger partial charge is 0.481 e. The number of aliphatic carboxylic acids is 1. The number of carbonyl (C=O) groups excluding carboxylic acids is 1. The number of hydrogen-bond acceptors (Lipinski definition) is 3. The molecule has 1 amide bonds. The van der Waals surface area contributed by atoms with Crippen molar-refractivity contribution in [1.82, 2.24) is 9.78 Å². The molecule has 7 heteroatoms. The summed E-state index contributed by atoms with van der Waals surface area (Å²) in [5.41, 5.74) is 1.65. The maximum absolute atomic E-state index is 12.5. The summed E-state index contributed by atoms with van der Waals surface area (Å²) < 4.78 is 1.47. The van der Waals surface area contributed by atoms with Crippen molar-refractivity contribution in [3.63, 3.8) is 0 Å². The van der Waals surface area contributed by atoms with Crippen molar-refractivity contribution in [3.8, 4) is 0 Å². The normalized spacial score (nSPS) is 11.4. The minimum absolute atomic E-state index is 0.314. The van der Waals surface area contributed by atoms with Crippen LogP contribution in [0.3, 0.4) is 0 Å². The number of anilines is 1. The third-order valence-electron chi connectivity index (χ3n) is 4.04. The maximum Gasteiger partial charge on any atom is 0.309 e. The van der Waals surface area contributed by atoms with Crippen molar-refractivity contribution >= 4 is 29.2 Å². The predicted molar refractivity (Wildman–Crippen MR) is 97.1 cm³/mol. The van der Waals surface area contributed by atoms with Crippen LogP contribution in [0.5, 0.6) is 0 Å². The smallest absolute Gasteiger partial charge is 0.309 e. The summed E-state index contributed by atoms with van der Waals surface area (Å²) in [6, 6.07) is 7.11.